The van der Waals surface area contributed by atoms with Crippen molar-refractivity contribution in [3.8, 4) is 0 Å². The van der Waals surface area contributed by atoms with Crippen LogP contribution in [-0.4, -0.2) is 27.2 Å². The first-order chi connectivity index (χ1) is 6.60. The summed E-state index contributed by atoms with van der Waals surface area (Å²) < 4.78 is 1.87. The van der Waals surface area contributed by atoms with Gasteiger partial charge in [-0.1, -0.05) is 0 Å². The van der Waals surface area contributed by atoms with Crippen LogP contribution in [0.3, 0.4) is 0 Å². The average molecular weight is 195 g/mol. The molecule has 0 aromatic carbocycles. The minimum atomic E-state index is -0.770. The lowest BCUT2D eigenvalue weighted by atomic mass is 9.88. The molecule has 1 aliphatic heterocycles. The van der Waals surface area contributed by atoms with Crippen molar-refractivity contribution in [2.24, 2.45) is 7.05 Å². The molecule has 0 amide bonds. The lowest BCUT2D eigenvalue weighted by molar-refractivity contribution is 0.0000739. The number of aromatic nitrogens is 2. The Bertz CT molecular complexity index is 313. The second-order valence-corrected chi connectivity index (χ2v) is 4.28. The number of hydrogen-bond donors (Lipinski definition) is 2. The molecule has 2 N–H and O–H groups in total. The lowest BCUT2D eigenvalue weighted by Gasteiger charge is -2.34. The molecule has 1 aromatic rings. The summed E-state index contributed by atoms with van der Waals surface area (Å²) >= 11 is 0. The Balaban J connectivity index is 2.16. The van der Waals surface area contributed by atoms with Gasteiger partial charge < -0.3 is 15.0 Å². The summed E-state index contributed by atoms with van der Waals surface area (Å²) in [4.78, 5) is 4.21. The molecule has 2 heterocycles. The van der Waals surface area contributed by atoms with E-state index in [0.29, 0.717) is 12.6 Å². The number of aliphatic hydroxyl groups is 1. The molecule has 0 saturated carbocycles. The second-order valence-electron chi connectivity index (χ2n) is 4.28. The molecule has 4 heteroatoms. The van der Waals surface area contributed by atoms with Gasteiger partial charge in [-0.25, -0.2) is 4.98 Å². The summed E-state index contributed by atoms with van der Waals surface area (Å²) in [5.74, 6) is 0. The van der Waals surface area contributed by atoms with Gasteiger partial charge in [-0.05, 0) is 19.8 Å². The molecule has 2 rings (SSSR count). The summed E-state index contributed by atoms with van der Waals surface area (Å²) in [6.45, 7) is 2.74. The molecule has 0 radical (unpaired) electrons. The maximum Gasteiger partial charge on any atom is 0.120 e. The summed E-state index contributed by atoms with van der Waals surface area (Å²) in [6.07, 6.45) is 5.40. The maximum atomic E-state index is 10.3. The minimum absolute atomic E-state index is 0.499. The predicted molar refractivity (Wildman–Crippen MR) is 53.8 cm³/mol. The number of piperidine rings is 1. The third-order valence-corrected chi connectivity index (χ3v) is 2.92. The molecule has 2 atom stereocenters. The highest BCUT2D eigenvalue weighted by molar-refractivity contribution is 5.11. The van der Waals surface area contributed by atoms with Crippen molar-refractivity contribution in [2.45, 2.75) is 31.4 Å². The number of imidazole rings is 1. The third-order valence-electron chi connectivity index (χ3n) is 2.92. The van der Waals surface area contributed by atoms with Crippen LogP contribution < -0.4 is 5.32 Å². The van der Waals surface area contributed by atoms with E-state index in [2.05, 4.69) is 17.2 Å². The van der Waals surface area contributed by atoms with Gasteiger partial charge >= 0.3 is 0 Å². The quantitative estimate of drug-likeness (QED) is 0.681. The van der Waals surface area contributed by atoms with Gasteiger partial charge in [0.2, 0.25) is 0 Å². The summed E-state index contributed by atoms with van der Waals surface area (Å²) in [7, 11) is 1.92. The zero-order chi connectivity index (χ0) is 10.2. The van der Waals surface area contributed by atoms with E-state index in [9.17, 15) is 5.11 Å². The van der Waals surface area contributed by atoms with Crippen molar-refractivity contribution in [3.63, 3.8) is 0 Å². The van der Waals surface area contributed by atoms with E-state index in [1.165, 1.54) is 0 Å². The van der Waals surface area contributed by atoms with E-state index in [4.69, 9.17) is 0 Å². The normalized spacial score (nSPS) is 33.2. The van der Waals surface area contributed by atoms with E-state index < -0.39 is 5.60 Å². The molecule has 78 valence electrons. The van der Waals surface area contributed by atoms with Crippen molar-refractivity contribution in [1.29, 1.82) is 0 Å². The van der Waals surface area contributed by atoms with E-state index in [-0.39, 0.29) is 0 Å². The monoisotopic (exact) mass is 195 g/mol. The lowest BCUT2D eigenvalue weighted by Crippen LogP contribution is -2.47. The van der Waals surface area contributed by atoms with Crippen LogP contribution in [0.1, 0.15) is 25.5 Å². The molecular formula is C10H17N3O. The van der Waals surface area contributed by atoms with Crippen LogP contribution in [0.15, 0.2) is 12.5 Å². The Kier molecular flexibility index (Phi) is 2.33. The minimum Gasteiger partial charge on any atom is -0.382 e. The number of nitrogens with zero attached hydrogens (tertiary/aromatic N) is 2. The standard InChI is InChI=1S/C10H17N3O/c1-8-3-4-10(14,6-11-8)9-5-13(2)7-12-9/h5,7-8,11,14H,3-4,6H2,1-2H3. The average Bonchev–Trinajstić information content (AvgIpc) is 2.58. The number of rotatable bonds is 1. The van der Waals surface area contributed by atoms with Crippen LogP contribution in [0.5, 0.6) is 0 Å². The van der Waals surface area contributed by atoms with Gasteiger partial charge in [0.1, 0.15) is 5.60 Å². The van der Waals surface area contributed by atoms with Crippen LogP contribution in [0.4, 0.5) is 0 Å². The summed E-state index contributed by atoms with van der Waals surface area (Å²) in [5.41, 5.74) is 0.00715. The highest BCUT2D eigenvalue weighted by atomic mass is 16.3. The Morgan fingerprint density at radius 3 is 3.00 bits per heavy atom. The van der Waals surface area contributed by atoms with Crippen LogP contribution in [0.25, 0.3) is 0 Å². The van der Waals surface area contributed by atoms with Crippen molar-refractivity contribution in [2.75, 3.05) is 6.54 Å². The zero-order valence-electron chi connectivity index (χ0n) is 8.70. The first-order valence-electron chi connectivity index (χ1n) is 5.04. The number of nitrogens with one attached hydrogen (secondary N) is 1. The molecule has 0 aliphatic carbocycles. The van der Waals surface area contributed by atoms with Crippen molar-refractivity contribution < 1.29 is 5.11 Å². The Morgan fingerprint density at radius 2 is 2.50 bits per heavy atom. The molecule has 0 bridgehead atoms. The highest BCUT2D eigenvalue weighted by Crippen LogP contribution is 2.28. The van der Waals surface area contributed by atoms with Gasteiger partial charge in [0.15, 0.2) is 0 Å². The zero-order valence-corrected chi connectivity index (χ0v) is 8.70. The number of hydrogen-bond acceptors (Lipinski definition) is 3. The Labute approximate surface area is 84.0 Å². The van der Waals surface area contributed by atoms with Crippen LogP contribution >= 0.6 is 0 Å². The molecule has 14 heavy (non-hydrogen) atoms. The van der Waals surface area contributed by atoms with Crippen LogP contribution in [0.2, 0.25) is 0 Å². The van der Waals surface area contributed by atoms with Crippen LogP contribution in [-0.2, 0) is 12.6 Å². The molecule has 1 aromatic heterocycles. The first kappa shape index (κ1) is 9.68. The Morgan fingerprint density at radius 1 is 1.71 bits per heavy atom. The third kappa shape index (κ3) is 1.67. The molecule has 1 saturated heterocycles. The number of aryl methyl sites for hydroxylation is 1. The van der Waals surface area contributed by atoms with Gasteiger partial charge in [-0.15, -0.1) is 0 Å². The van der Waals surface area contributed by atoms with Gasteiger partial charge in [0.25, 0.3) is 0 Å². The molecule has 0 spiro atoms. The van der Waals surface area contributed by atoms with E-state index in [1.807, 2.05) is 17.8 Å². The fraction of sp³-hybridized carbons (Fsp3) is 0.700. The van der Waals surface area contributed by atoms with Crippen LogP contribution in [0, 0.1) is 0 Å². The molecular weight excluding hydrogens is 178 g/mol. The van der Waals surface area contributed by atoms with Gasteiger partial charge in [0, 0.05) is 25.8 Å². The fourth-order valence-corrected chi connectivity index (χ4v) is 1.86. The maximum absolute atomic E-state index is 10.3. The molecule has 4 nitrogen and oxygen atoms in total. The molecule has 2 unspecified atom stereocenters. The van der Waals surface area contributed by atoms with E-state index in [1.54, 1.807) is 6.33 Å². The Hall–Kier alpha value is -0.870. The highest BCUT2D eigenvalue weighted by Gasteiger charge is 2.35. The van der Waals surface area contributed by atoms with Crippen molar-refractivity contribution in [1.82, 2.24) is 14.9 Å². The fourth-order valence-electron chi connectivity index (χ4n) is 1.86. The smallest absolute Gasteiger partial charge is 0.120 e. The predicted octanol–water partition coefficient (Wildman–Crippen LogP) is 0.380. The first-order valence-corrected chi connectivity index (χ1v) is 5.04. The second kappa shape index (κ2) is 3.37. The summed E-state index contributed by atoms with van der Waals surface area (Å²) in [6, 6.07) is 0.499. The summed E-state index contributed by atoms with van der Waals surface area (Å²) in [5, 5.41) is 13.6. The number of β-amino-alcohol motifs (C(OH)–C–C–N with tert-alkyl or cyclic N) is 1. The van der Waals surface area contributed by atoms with Gasteiger partial charge in [-0.2, -0.15) is 0 Å². The van der Waals surface area contributed by atoms with E-state index >= 15 is 0 Å². The topological polar surface area (TPSA) is 50.1 Å². The van der Waals surface area contributed by atoms with Crippen molar-refractivity contribution in [3.05, 3.63) is 18.2 Å². The van der Waals surface area contributed by atoms with E-state index in [0.717, 1.165) is 18.5 Å². The largest absolute Gasteiger partial charge is 0.382 e. The van der Waals surface area contributed by atoms with Gasteiger partial charge in [0.05, 0.1) is 12.0 Å². The van der Waals surface area contributed by atoms with Crippen molar-refractivity contribution >= 4 is 0 Å². The molecule has 1 aliphatic rings. The SMILES string of the molecule is CC1CCC(O)(c2cn(C)cn2)CN1. The van der Waals surface area contributed by atoms with Gasteiger partial charge in [-0.3, -0.25) is 0 Å². The molecule has 1 fully saturated rings.